The van der Waals surface area contributed by atoms with Gasteiger partial charge in [-0.25, -0.2) is 0 Å². The Bertz CT molecular complexity index is 1100. The summed E-state index contributed by atoms with van der Waals surface area (Å²) in [7, 11) is 1.88. The highest BCUT2D eigenvalue weighted by Crippen LogP contribution is 2.40. The summed E-state index contributed by atoms with van der Waals surface area (Å²) in [5.41, 5.74) is 2.62. The topological polar surface area (TPSA) is 100 Å². The van der Waals surface area contributed by atoms with E-state index in [9.17, 15) is 9.59 Å². The van der Waals surface area contributed by atoms with E-state index >= 15 is 0 Å². The molecule has 0 radical (unpaired) electrons. The molecule has 176 valence electrons. The minimum Gasteiger partial charge on any atom is -0.359 e. The van der Waals surface area contributed by atoms with Crippen LogP contribution in [0.1, 0.15) is 58.6 Å². The number of thiophene rings is 1. The first kappa shape index (κ1) is 22.3. The molecule has 0 bridgehead atoms. The van der Waals surface area contributed by atoms with Crippen LogP contribution in [-0.4, -0.2) is 39.3 Å². The van der Waals surface area contributed by atoms with E-state index in [0.29, 0.717) is 34.6 Å². The molecule has 3 aliphatic rings. The van der Waals surface area contributed by atoms with Gasteiger partial charge in [0.1, 0.15) is 10.8 Å². The van der Waals surface area contributed by atoms with Crippen molar-refractivity contribution in [3.05, 3.63) is 27.8 Å². The van der Waals surface area contributed by atoms with E-state index < -0.39 is 0 Å². The van der Waals surface area contributed by atoms with Crippen molar-refractivity contribution < 1.29 is 9.59 Å². The maximum absolute atomic E-state index is 13.2. The van der Waals surface area contributed by atoms with Gasteiger partial charge < -0.3 is 21.3 Å². The van der Waals surface area contributed by atoms with E-state index in [-0.39, 0.29) is 23.8 Å². The van der Waals surface area contributed by atoms with Gasteiger partial charge in [0.2, 0.25) is 5.91 Å². The highest BCUT2D eigenvalue weighted by Gasteiger charge is 2.34. The third kappa shape index (κ3) is 5.22. The van der Waals surface area contributed by atoms with Gasteiger partial charge in [0.15, 0.2) is 5.11 Å². The summed E-state index contributed by atoms with van der Waals surface area (Å²) in [6.07, 6.45) is 6.70. The second-order valence-electron chi connectivity index (χ2n) is 9.46. The fourth-order valence-corrected chi connectivity index (χ4v) is 5.82. The average molecular weight is 487 g/mol. The number of nitrogens with one attached hydrogen (secondary N) is 4. The third-order valence-electron chi connectivity index (χ3n) is 6.50. The Kier molecular flexibility index (Phi) is 6.13. The minimum absolute atomic E-state index is 0.0383. The molecule has 2 amide bonds. The highest BCUT2D eigenvalue weighted by atomic mass is 32.1. The standard InChI is InChI=1S/C23H30N6O2S2/c1-12-9-18(29(2)28-12)26-23(32)25-15-7-8-17-16(10-15)19(21(31)24-11-13-3-4-13)22(33-17)27-20(30)14-5-6-14/h9,13-15H,3-8,10-11H2,1-2H3,(H,24,31)(H,27,30)(H2,25,26,32). The van der Waals surface area contributed by atoms with Crippen LogP contribution in [0.25, 0.3) is 0 Å². The number of hydrogen-bond donors (Lipinski definition) is 4. The Labute approximate surface area is 202 Å². The number of anilines is 2. The van der Waals surface area contributed by atoms with Crippen LogP contribution in [0.4, 0.5) is 10.8 Å². The lowest BCUT2D eigenvalue weighted by atomic mass is 9.91. The molecule has 0 aliphatic heterocycles. The fourth-order valence-electron chi connectivity index (χ4n) is 4.31. The largest absolute Gasteiger partial charge is 0.359 e. The van der Waals surface area contributed by atoms with Crippen molar-refractivity contribution in [3.63, 3.8) is 0 Å². The van der Waals surface area contributed by atoms with Gasteiger partial charge in [0.05, 0.1) is 11.3 Å². The van der Waals surface area contributed by atoms with E-state index in [0.717, 1.165) is 42.8 Å². The zero-order valence-corrected chi connectivity index (χ0v) is 20.6. The van der Waals surface area contributed by atoms with Crippen LogP contribution in [0.15, 0.2) is 6.07 Å². The van der Waals surface area contributed by atoms with E-state index in [1.54, 1.807) is 16.0 Å². The van der Waals surface area contributed by atoms with Crippen molar-refractivity contribution in [2.75, 3.05) is 17.2 Å². The van der Waals surface area contributed by atoms with Gasteiger partial charge in [-0.2, -0.15) is 5.10 Å². The molecule has 3 aliphatic carbocycles. The lowest BCUT2D eigenvalue weighted by molar-refractivity contribution is -0.117. The summed E-state index contributed by atoms with van der Waals surface area (Å²) in [6.45, 7) is 2.65. The predicted molar refractivity (Wildman–Crippen MR) is 134 cm³/mol. The van der Waals surface area contributed by atoms with E-state index in [2.05, 4.69) is 26.4 Å². The molecule has 2 aromatic heterocycles. The molecule has 5 rings (SSSR count). The summed E-state index contributed by atoms with van der Waals surface area (Å²) < 4.78 is 1.76. The van der Waals surface area contributed by atoms with Crippen molar-refractivity contribution in [1.29, 1.82) is 0 Å². The molecule has 10 heteroatoms. The summed E-state index contributed by atoms with van der Waals surface area (Å²) >= 11 is 7.11. The number of carbonyl (C=O) groups is 2. The van der Waals surface area contributed by atoms with Gasteiger partial charge in [-0.3, -0.25) is 14.3 Å². The average Bonchev–Trinajstić information content (AvgIpc) is 3.68. The predicted octanol–water partition coefficient (Wildman–Crippen LogP) is 3.12. The van der Waals surface area contributed by atoms with Crippen molar-refractivity contribution in [1.82, 2.24) is 20.4 Å². The summed E-state index contributed by atoms with van der Waals surface area (Å²) in [5.74, 6) is 1.50. The molecule has 0 spiro atoms. The molecular formula is C23H30N6O2S2. The molecule has 8 nitrogen and oxygen atoms in total. The van der Waals surface area contributed by atoms with Gasteiger partial charge in [-0.15, -0.1) is 11.3 Å². The number of nitrogens with zero attached hydrogens (tertiary/aromatic N) is 2. The molecule has 33 heavy (non-hydrogen) atoms. The number of aromatic nitrogens is 2. The second kappa shape index (κ2) is 9.06. The first-order valence-electron chi connectivity index (χ1n) is 11.7. The summed E-state index contributed by atoms with van der Waals surface area (Å²) in [4.78, 5) is 26.8. The zero-order valence-electron chi connectivity index (χ0n) is 19.0. The van der Waals surface area contributed by atoms with Crippen LogP contribution in [0.2, 0.25) is 0 Å². The quantitative estimate of drug-likeness (QED) is 0.449. The number of carbonyl (C=O) groups excluding carboxylic acids is 2. The zero-order chi connectivity index (χ0) is 23.1. The normalized spacial score (nSPS) is 19.5. The van der Waals surface area contributed by atoms with Crippen LogP contribution in [-0.2, 0) is 24.7 Å². The monoisotopic (exact) mass is 486 g/mol. The Morgan fingerprint density at radius 1 is 1.21 bits per heavy atom. The Morgan fingerprint density at radius 3 is 2.67 bits per heavy atom. The molecule has 0 aromatic carbocycles. The summed E-state index contributed by atoms with van der Waals surface area (Å²) in [5, 5.41) is 18.4. The van der Waals surface area contributed by atoms with Crippen molar-refractivity contribution in [3.8, 4) is 0 Å². The van der Waals surface area contributed by atoms with Gasteiger partial charge in [0.25, 0.3) is 5.91 Å². The SMILES string of the molecule is Cc1cc(NC(=S)NC2CCc3sc(NC(=O)C4CC4)c(C(=O)NCC4CC4)c3C2)n(C)n1. The van der Waals surface area contributed by atoms with E-state index in [1.165, 1.54) is 17.7 Å². The molecule has 2 heterocycles. The molecule has 1 atom stereocenters. The van der Waals surface area contributed by atoms with Crippen LogP contribution < -0.4 is 21.3 Å². The number of thiocarbonyl (C=S) groups is 1. The van der Waals surface area contributed by atoms with Crippen LogP contribution >= 0.6 is 23.6 Å². The van der Waals surface area contributed by atoms with Crippen LogP contribution in [0, 0.1) is 18.8 Å². The number of fused-ring (bicyclic) bond motifs is 1. The molecule has 1 unspecified atom stereocenters. The van der Waals surface area contributed by atoms with Gasteiger partial charge in [0, 0.05) is 36.5 Å². The van der Waals surface area contributed by atoms with E-state index in [4.69, 9.17) is 12.2 Å². The van der Waals surface area contributed by atoms with Gasteiger partial charge in [-0.1, -0.05) is 0 Å². The smallest absolute Gasteiger partial charge is 0.254 e. The van der Waals surface area contributed by atoms with Crippen LogP contribution in [0.3, 0.4) is 0 Å². The molecule has 2 fully saturated rings. The Morgan fingerprint density at radius 2 is 2.00 bits per heavy atom. The lowest BCUT2D eigenvalue weighted by Gasteiger charge is -2.25. The fraction of sp³-hybridized carbons (Fsp3) is 0.565. The highest BCUT2D eigenvalue weighted by molar-refractivity contribution is 7.80. The first-order valence-corrected chi connectivity index (χ1v) is 12.9. The Hall–Kier alpha value is -2.46. The van der Waals surface area contributed by atoms with Crippen molar-refractivity contribution in [2.24, 2.45) is 18.9 Å². The molecule has 2 saturated carbocycles. The van der Waals surface area contributed by atoms with Gasteiger partial charge >= 0.3 is 0 Å². The number of hydrogen-bond acceptors (Lipinski definition) is 5. The lowest BCUT2D eigenvalue weighted by Crippen LogP contribution is -2.41. The molecule has 0 saturated heterocycles. The Balaban J connectivity index is 1.31. The number of aryl methyl sites for hydroxylation is 3. The molecule has 2 aromatic rings. The maximum atomic E-state index is 13.2. The maximum Gasteiger partial charge on any atom is 0.254 e. The second-order valence-corrected chi connectivity index (χ2v) is 11.0. The van der Waals surface area contributed by atoms with E-state index in [1.807, 2.05) is 20.0 Å². The van der Waals surface area contributed by atoms with Crippen molar-refractivity contribution in [2.45, 2.75) is 57.9 Å². The molecular weight excluding hydrogens is 456 g/mol. The summed E-state index contributed by atoms with van der Waals surface area (Å²) in [6, 6.07) is 2.06. The van der Waals surface area contributed by atoms with Crippen molar-refractivity contribution >= 4 is 51.3 Å². The molecule has 4 N–H and O–H groups in total. The third-order valence-corrected chi connectivity index (χ3v) is 7.93. The number of rotatable bonds is 7. The first-order chi connectivity index (χ1) is 15.9. The van der Waals surface area contributed by atoms with Crippen LogP contribution in [0.5, 0.6) is 0 Å². The minimum atomic E-state index is -0.0720. The van der Waals surface area contributed by atoms with Gasteiger partial charge in [-0.05, 0) is 75.6 Å². The number of amides is 2.